The van der Waals surface area contributed by atoms with Gasteiger partial charge < -0.3 is 5.73 Å². The van der Waals surface area contributed by atoms with Crippen molar-refractivity contribution in [2.24, 2.45) is 5.73 Å². The fraction of sp³-hybridized carbons (Fsp3) is 0.278. The van der Waals surface area contributed by atoms with Crippen LogP contribution in [0.15, 0.2) is 54.6 Å². The fourth-order valence-electron chi connectivity index (χ4n) is 2.40. The van der Waals surface area contributed by atoms with Crippen LogP contribution in [0.1, 0.15) is 34.8 Å². The van der Waals surface area contributed by atoms with Gasteiger partial charge in [-0.2, -0.15) is 0 Å². The first-order valence-electron chi connectivity index (χ1n) is 7.34. The first-order valence-corrected chi connectivity index (χ1v) is 7.34. The van der Waals surface area contributed by atoms with Gasteiger partial charge in [0, 0.05) is 18.7 Å². The van der Waals surface area contributed by atoms with Crippen molar-refractivity contribution in [3.8, 4) is 0 Å². The maximum atomic E-state index is 11.1. The topological polar surface area (TPSA) is 46.3 Å². The Labute approximate surface area is 126 Å². The number of hydrogen-bond donors (Lipinski definition) is 1. The number of rotatable bonds is 7. The third-order valence-corrected chi connectivity index (χ3v) is 3.43. The summed E-state index contributed by atoms with van der Waals surface area (Å²) in [6.45, 7) is 5.05. The number of nitrogens with zero attached hydrogens (tertiary/aromatic N) is 1. The van der Waals surface area contributed by atoms with Gasteiger partial charge in [0.2, 0.25) is 5.91 Å². The number of carbonyl (C=O) groups excluding carboxylic acids is 1. The second kappa shape index (κ2) is 7.60. The van der Waals surface area contributed by atoms with E-state index in [0.717, 1.165) is 26.1 Å². The average molecular weight is 282 g/mol. The first kappa shape index (κ1) is 15.3. The highest BCUT2D eigenvalue weighted by atomic mass is 16.1. The van der Waals surface area contributed by atoms with Crippen molar-refractivity contribution >= 4 is 5.91 Å². The molecule has 0 radical (unpaired) electrons. The molecule has 3 heteroatoms. The molecular weight excluding hydrogens is 260 g/mol. The van der Waals surface area contributed by atoms with E-state index in [1.54, 1.807) is 12.1 Å². The third-order valence-electron chi connectivity index (χ3n) is 3.43. The van der Waals surface area contributed by atoms with E-state index in [4.69, 9.17) is 5.73 Å². The van der Waals surface area contributed by atoms with Gasteiger partial charge in [-0.05, 0) is 36.2 Å². The maximum Gasteiger partial charge on any atom is 0.248 e. The lowest BCUT2D eigenvalue weighted by molar-refractivity contribution is 0.100. The molecular formula is C18H22N2O. The minimum Gasteiger partial charge on any atom is -0.366 e. The Bertz CT molecular complexity index is 564. The number of amides is 1. The van der Waals surface area contributed by atoms with E-state index in [0.29, 0.717) is 5.56 Å². The van der Waals surface area contributed by atoms with Crippen LogP contribution in [0.2, 0.25) is 0 Å². The van der Waals surface area contributed by atoms with Gasteiger partial charge in [-0.3, -0.25) is 9.69 Å². The van der Waals surface area contributed by atoms with E-state index >= 15 is 0 Å². The molecule has 2 rings (SSSR count). The van der Waals surface area contributed by atoms with Crippen molar-refractivity contribution in [1.82, 2.24) is 4.90 Å². The molecule has 2 aromatic carbocycles. The molecule has 2 aromatic rings. The molecule has 0 aliphatic rings. The van der Waals surface area contributed by atoms with Crippen LogP contribution < -0.4 is 5.73 Å². The Hall–Kier alpha value is -2.13. The van der Waals surface area contributed by atoms with Crippen LogP contribution in [0, 0.1) is 0 Å². The zero-order valence-electron chi connectivity index (χ0n) is 12.5. The molecule has 0 heterocycles. The summed E-state index contributed by atoms with van der Waals surface area (Å²) in [4.78, 5) is 13.5. The van der Waals surface area contributed by atoms with E-state index in [-0.39, 0.29) is 5.91 Å². The lowest BCUT2D eigenvalue weighted by Gasteiger charge is -2.22. The average Bonchev–Trinajstić information content (AvgIpc) is 2.49. The number of nitrogens with two attached hydrogens (primary N) is 1. The van der Waals surface area contributed by atoms with E-state index in [1.807, 2.05) is 18.2 Å². The second-order valence-corrected chi connectivity index (χ2v) is 5.26. The minimum absolute atomic E-state index is 0.378. The molecule has 0 aromatic heterocycles. The molecule has 0 spiro atoms. The van der Waals surface area contributed by atoms with Gasteiger partial charge in [-0.15, -0.1) is 0 Å². The van der Waals surface area contributed by atoms with E-state index in [9.17, 15) is 4.79 Å². The van der Waals surface area contributed by atoms with Gasteiger partial charge in [0.1, 0.15) is 0 Å². The van der Waals surface area contributed by atoms with Gasteiger partial charge in [0.15, 0.2) is 0 Å². The van der Waals surface area contributed by atoms with Gasteiger partial charge in [0.25, 0.3) is 0 Å². The highest BCUT2D eigenvalue weighted by Crippen LogP contribution is 2.11. The summed E-state index contributed by atoms with van der Waals surface area (Å²) in [6, 6.07) is 18.0. The SMILES string of the molecule is CCCN(Cc1ccccc1)Cc1ccc(C(N)=O)cc1. The number of carbonyl (C=O) groups is 1. The predicted octanol–water partition coefficient (Wildman–Crippen LogP) is 3.20. The monoisotopic (exact) mass is 282 g/mol. The molecule has 0 aliphatic heterocycles. The highest BCUT2D eigenvalue weighted by Gasteiger charge is 2.07. The molecule has 0 unspecified atom stereocenters. The molecule has 0 atom stereocenters. The lowest BCUT2D eigenvalue weighted by Crippen LogP contribution is -2.23. The molecule has 0 saturated carbocycles. The Kier molecular flexibility index (Phi) is 5.52. The zero-order chi connectivity index (χ0) is 15.1. The van der Waals surface area contributed by atoms with Gasteiger partial charge >= 0.3 is 0 Å². The zero-order valence-corrected chi connectivity index (χ0v) is 12.5. The molecule has 21 heavy (non-hydrogen) atoms. The molecule has 2 N–H and O–H groups in total. The lowest BCUT2D eigenvalue weighted by atomic mass is 10.1. The maximum absolute atomic E-state index is 11.1. The van der Waals surface area contributed by atoms with Crippen LogP contribution in [-0.2, 0) is 13.1 Å². The van der Waals surface area contributed by atoms with Gasteiger partial charge in [0.05, 0.1) is 0 Å². The summed E-state index contributed by atoms with van der Waals surface area (Å²) in [6.07, 6.45) is 1.12. The van der Waals surface area contributed by atoms with Crippen molar-refractivity contribution in [2.45, 2.75) is 26.4 Å². The van der Waals surface area contributed by atoms with Crippen molar-refractivity contribution in [2.75, 3.05) is 6.54 Å². The standard InChI is InChI=1S/C18H22N2O/c1-2-12-20(13-15-6-4-3-5-7-15)14-16-8-10-17(11-9-16)18(19)21/h3-11H,2,12-14H2,1H3,(H2,19,21). The van der Waals surface area contributed by atoms with Crippen LogP contribution in [0.25, 0.3) is 0 Å². The summed E-state index contributed by atoms with van der Waals surface area (Å²) in [5.74, 6) is -0.378. The summed E-state index contributed by atoms with van der Waals surface area (Å²) in [7, 11) is 0. The molecule has 1 amide bonds. The third kappa shape index (κ3) is 4.72. The fourth-order valence-corrected chi connectivity index (χ4v) is 2.40. The summed E-state index contributed by atoms with van der Waals surface area (Å²) < 4.78 is 0. The summed E-state index contributed by atoms with van der Waals surface area (Å²) in [5.41, 5.74) is 8.34. The summed E-state index contributed by atoms with van der Waals surface area (Å²) in [5, 5.41) is 0. The van der Waals surface area contributed by atoms with E-state index in [2.05, 4.69) is 36.1 Å². The van der Waals surface area contributed by atoms with Crippen molar-refractivity contribution in [3.05, 3.63) is 71.3 Å². The number of hydrogen-bond acceptors (Lipinski definition) is 2. The Balaban J connectivity index is 2.03. The molecule has 0 saturated heterocycles. The Morgan fingerprint density at radius 3 is 2.05 bits per heavy atom. The van der Waals surface area contributed by atoms with Gasteiger partial charge in [-0.1, -0.05) is 49.4 Å². The van der Waals surface area contributed by atoms with E-state index < -0.39 is 0 Å². The number of primary amides is 1. The normalized spacial score (nSPS) is 10.8. The Morgan fingerprint density at radius 2 is 1.52 bits per heavy atom. The quantitative estimate of drug-likeness (QED) is 0.847. The second-order valence-electron chi connectivity index (χ2n) is 5.26. The van der Waals surface area contributed by atoms with Crippen molar-refractivity contribution < 1.29 is 4.79 Å². The van der Waals surface area contributed by atoms with Gasteiger partial charge in [-0.25, -0.2) is 0 Å². The largest absolute Gasteiger partial charge is 0.366 e. The molecule has 0 aliphatic carbocycles. The molecule has 110 valence electrons. The van der Waals surface area contributed by atoms with Crippen molar-refractivity contribution in [3.63, 3.8) is 0 Å². The van der Waals surface area contributed by atoms with Crippen LogP contribution in [0.5, 0.6) is 0 Å². The first-order chi connectivity index (χ1) is 10.2. The molecule has 0 bridgehead atoms. The molecule has 0 fully saturated rings. The molecule has 3 nitrogen and oxygen atoms in total. The van der Waals surface area contributed by atoms with Crippen LogP contribution >= 0.6 is 0 Å². The van der Waals surface area contributed by atoms with Crippen LogP contribution in [0.3, 0.4) is 0 Å². The predicted molar refractivity (Wildman–Crippen MR) is 85.8 cm³/mol. The number of benzene rings is 2. The van der Waals surface area contributed by atoms with Crippen LogP contribution in [-0.4, -0.2) is 17.4 Å². The smallest absolute Gasteiger partial charge is 0.248 e. The van der Waals surface area contributed by atoms with Crippen molar-refractivity contribution in [1.29, 1.82) is 0 Å². The highest BCUT2D eigenvalue weighted by molar-refractivity contribution is 5.92. The van der Waals surface area contributed by atoms with Crippen LogP contribution in [0.4, 0.5) is 0 Å². The minimum atomic E-state index is -0.378. The van der Waals surface area contributed by atoms with E-state index in [1.165, 1.54) is 11.1 Å². The Morgan fingerprint density at radius 1 is 0.952 bits per heavy atom. The summed E-state index contributed by atoms with van der Waals surface area (Å²) >= 11 is 0.